The minimum atomic E-state index is -0.194. The Kier molecular flexibility index (Phi) is 1.04. The lowest BCUT2D eigenvalue weighted by Crippen LogP contribution is -1.69. The van der Waals surface area contributed by atoms with Gasteiger partial charge in [-0.1, -0.05) is 0 Å². The highest BCUT2D eigenvalue weighted by molar-refractivity contribution is 5.79. The van der Waals surface area contributed by atoms with Crippen molar-refractivity contribution in [2.24, 2.45) is 0 Å². The number of hydrogen-bond acceptors (Lipinski definition) is 3. The molecule has 0 unspecified atom stereocenters. The van der Waals surface area contributed by atoms with Gasteiger partial charge >= 0.3 is 0 Å². The maximum Gasteiger partial charge on any atom is 0.290 e. The second kappa shape index (κ2) is 1.69. The molecule has 0 radical (unpaired) electrons. The topological polar surface area (TPSA) is 57.2 Å². The fourth-order valence-corrected chi connectivity index (χ4v) is 0.421. The highest BCUT2D eigenvalue weighted by Gasteiger charge is 1.96. The minimum absolute atomic E-state index is 0.194. The van der Waals surface area contributed by atoms with E-state index >= 15 is 0 Å². The standard InChI is InChI=1S/C5H5NO2/c6-3-4-1-2-8-5(4)7/h1-3,6-7H. The lowest BCUT2D eigenvalue weighted by atomic mass is 10.4. The molecule has 0 bridgehead atoms. The Morgan fingerprint density at radius 1 is 1.75 bits per heavy atom. The number of rotatable bonds is 1. The quantitative estimate of drug-likeness (QED) is 0.531. The zero-order chi connectivity index (χ0) is 5.98. The van der Waals surface area contributed by atoms with Gasteiger partial charge in [0.1, 0.15) is 0 Å². The van der Waals surface area contributed by atoms with Crippen molar-refractivity contribution >= 4 is 6.21 Å². The SMILES string of the molecule is N=Cc1ccoc1O. The molecule has 0 aromatic carbocycles. The smallest absolute Gasteiger partial charge is 0.290 e. The Hall–Kier alpha value is -1.25. The van der Waals surface area contributed by atoms with E-state index in [9.17, 15) is 0 Å². The van der Waals surface area contributed by atoms with Crippen LogP contribution in [0.2, 0.25) is 0 Å². The van der Waals surface area contributed by atoms with Gasteiger partial charge in [0.15, 0.2) is 0 Å². The molecule has 0 atom stereocenters. The summed E-state index contributed by atoms with van der Waals surface area (Å²) < 4.78 is 4.46. The molecule has 42 valence electrons. The van der Waals surface area contributed by atoms with Crippen molar-refractivity contribution in [1.82, 2.24) is 0 Å². The van der Waals surface area contributed by atoms with E-state index in [1.807, 2.05) is 0 Å². The van der Waals surface area contributed by atoms with E-state index in [4.69, 9.17) is 10.5 Å². The maximum absolute atomic E-state index is 8.63. The van der Waals surface area contributed by atoms with E-state index in [0.717, 1.165) is 6.21 Å². The first-order valence-corrected chi connectivity index (χ1v) is 2.11. The van der Waals surface area contributed by atoms with Crippen LogP contribution < -0.4 is 0 Å². The van der Waals surface area contributed by atoms with E-state index < -0.39 is 0 Å². The Morgan fingerprint density at radius 3 is 2.75 bits per heavy atom. The highest BCUT2D eigenvalue weighted by Crippen LogP contribution is 2.13. The summed E-state index contributed by atoms with van der Waals surface area (Å²) in [5, 5.41) is 15.3. The number of nitrogens with one attached hydrogen (secondary N) is 1. The molecule has 0 amide bonds. The molecule has 3 heteroatoms. The van der Waals surface area contributed by atoms with E-state index in [2.05, 4.69) is 4.42 Å². The summed E-state index contributed by atoms with van der Waals surface area (Å²) in [5.41, 5.74) is 0.407. The normalized spacial score (nSPS) is 9.00. The van der Waals surface area contributed by atoms with Crippen molar-refractivity contribution in [1.29, 1.82) is 5.41 Å². The highest BCUT2D eigenvalue weighted by atomic mass is 16.5. The zero-order valence-corrected chi connectivity index (χ0v) is 4.09. The van der Waals surface area contributed by atoms with Crippen molar-refractivity contribution in [3.63, 3.8) is 0 Å². The fraction of sp³-hybridized carbons (Fsp3) is 0. The van der Waals surface area contributed by atoms with Crippen molar-refractivity contribution in [2.45, 2.75) is 0 Å². The summed E-state index contributed by atoms with van der Waals surface area (Å²) >= 11 is 0. The molecule has 2 N–H and O–H groups in total. The fourth-order valence-electron chi connectivity index (χ4n) is 0.421. The summed E-state index contributed by atoms with van der Waals surface area (Å²) in [6, 6.07) is 1.52. The van der Waals surface area contributed by atoms with Gasteiger partial charge in [0.05, 0.1) is 11.8 Å². The molecule has 1 aromatic heterocycles. The Balaban J connectivity index is 3.09. The van der Waals surface area contributed by atoms with Crippen LogP contribution in [0.4, 0.5) is 0 Å². The van der Waals surface area contributed by atoms with Crippen LogP contribution in [0.3, 0.4) is 0 Å². The van der Waals surface area contributed by atoms with E-state index in [1.165, 1.54) is 12.3 Å². The number of hydrogen-bond donors (Lipinski definition) is 2. The Morgan fingerprint density at radius 2 is 2.50 bits per heavy atom. The van der Waals surface area contributed by atoms with E-state index in [0.29, 0.717) is 5.56 Å². The minimum Gasteiger partial charge on any atom is -0.480 e. The first kappa shape index (κ1) is 4.90. The summed E-state index contributed by atoms with van der Waals surface area (Å²) in [5.74, 6) is -0.194. The zero-order valence-electron chi connectivity index (χ0n) is 4.09. The Labute approximate surface area is 46.1 Å². The number of furan rings is 1. The van der Waals surface area contributed by atoms with Gasteiger partial charge in [-0.2, -0.15) is 0 Å². The average molecular weight is 111 g/mol. The lowest BCUT2D eigenvalue weighted by Gasteiger charge is -1.79. The van der Waals surface area contributed by atoms with Crippen molar-refractivity contribution in [3.05, 3.63) is 17.9 Å². The molecular weight excluding hydrogens is 106 g/mol. The molecule has 0 aliphatic heterocycles. The van der Waals surface area contributed by atoms with Crippen LogP contribution in [0.1, 0.15) is 5.56 Å². The van der Waals surface area contributed by atoms with Crippen LogP contribution in [-0.4, -0.2) is 11.3 Å². The predicted molar refractivity (Wildman–Crippen MR) is 28.3 cm³/mol. The van der Waals surface area contributed by atoms with Gasteiger partial charge in [0, 0.05) is 6.21 Å². The first-order valence-electron chi connectivity index (χ1n) is 2.11. The van der Waals surface area contributed by atoms with Gasteiger partial charge in [-0.25, -0.2) is 0 Å². The van der Waals surface area contributed by atoms with Crippen LogP contribution in [0.15, 0.2) is 16.7 Å². The van der Waals surface area contributed by atoms with Crippen molar-refractivity contribution in [3.8, 4) is 5.95 Å². The van der Waals surface area contributed by atoms with Crippen LogP contribution >= 0.6 is 0 Å². The molecule has 1 rings (SSSR count). The van der Waals surface area contributed by atoms with E-state index in [1.54, 1.807) is 0 Å². The van der Waals surface area contributed by atoms with Crippen molar-refractivity contribution in [2.75, 3.05) is 0 Å². The maximum atomic E-state index is 8.63. The van der Waals surface area contributed by atoms with Crippen LogP contribution in [0, 0.1) is 5.41 Å². The number of aromatic hydroxyl groups is 1. The molecule has 3 nitrogen and oxygen atoms in total. The average Bonchev–Trinajstić information content (AvgIpc) is 2.14. The summed E-state index contributed by atoms with van der Waals surface area (Å²) in [7, 11) is 0. The van der Waals surface area contributed by atoms with E-state index in [-0.39, 0.29) is 5.95 Å². The van der Waals surface area contributed by atoms with Crippen LogP contribution in [0.5, 0.6) is 5.95 Å². The third kappa shape index (κ3) is 0.578. The summed E-state index contributed by atoms with van der Waals surface area (Å²) in [6.45, 7) is 0. The van der Waals surface area contributed by atoms with Gasteiger partial charge in [-0.05, 0) is 6.07 Å². The molecule has 1 aromatic rings. The van der Waals surface area contributed by atoms with Gasteiger partial charge < -0.3 is 14.9 Å². The van der Waals surface area contributed by atoms with Gasteiger partial charge in [0.25, 0.3) is 5.95 Å². The van der Waals surface area contributed by atoms with Crippen LogP contribution in [-0.2, 0) is 0 Å². The second-order valence-corrected chi connectivity index (χ2v) is 1.33. The molecule has 0 aliphatic carbocycles. The molecule has 1 heterocycles. The lowest BCUT2D eigenvalue weighted by molar-refractivity contribution is 0.332. The van der Waals surface area contributed by atoms with Gasteiger partial charge in [-0.15, -0.1) is 0 Å². The molecule has 0 aliphatic rings. The third-order valence-corrected chi connectivity index (χ3v) is 0.830. The monoisotopic (exact) mass is 111 g/mol. The largest absolute Gasteiger partial charge is 0.480 e. The van der Waals surface area contributed by atoms with Gasteiger partial charge in [-0.3, -0.25) is 0 Å². The molecule has 0 saturated heterocycles. The summed E-state index contributed by atoms with van der Waals surface area (Å²) in [6.07, 6.45) is 2.36. The summed E-state index contributed by atoms with van der Waals surface area (Å²) in [4.78, 5) is 0. The molecule has 0 fully saturated rings. The van der Waals surface area contributed by atoms with Crippen LogP contribution in [0.25, 0.3) is 0 Å². The molecular formula is C5H5NO2. The third-order valence-electron chi connectivity index (χ3n) is 0.830. The molecule has 0 spiro atoms. The first-order chi connectivity index (χ1) is 3.84. The molecule has 0 saturated carbocycles. The Bertz CT molecular complexity index is 192. The molecule has 8 heavy (non-hydrogen) atoms. The van der Waals surface area contributed by atoms with Gasteiger partial charge in [0.2, 0.25) is 0 Å². The van der Waals surface area contributed by atoms with Crippen molar-refractivity contribution < 1.29 is 9.52 Å². The predicted octanol–water partition coefficient (Wildman–Crippen LogP) is 0.983. The second-order valence-electron chi connectivity index (χ2n) is 1.33.